The van der Waals surface area contributed by atoms with E-state index in [-0.39, 0.29) is 0 Å². The number of para-hydroxylation sites is 1. The molecule has 4 aromatic rings. The molecule has 4 rings (SSSR count). The van der Waals surface area contributed by atoms with Crippen LogP contribution in [0.5, 0.6) is 0 Å². The van der Waals surface area contributed by atoms with Crippen LogP contribution in [0.1, 0.15) is 11.3 Å². The molecule has 2 heterocycles. The van der Waals surface area contributed by atoms with Crippen LogP contribution in [0.4, 0.5) is 5.69 Å². The molecule has 0 aliphatic rings. The highest BCUT2D eigenvalue weighted by Gasteiger charge is 2.23. The molecule has 0 aliphatic heterocycles. The molecule has 126 valence electrons. The van der Waals surface area contributed by atoms with E-state index in [2.05, 4.69) is 64.3 Å². The van der Waals surface area contributed by atoms with Gasteiger partial charge in [-0.3, -0.25) is 0 Å². The van der Waals surface area contributed by atoms with Gasteiger partial charge in [-0.25, -0.2) is 4.85 Å². The number of aryl methyl sites for hydroxylation is 2. The van der Waals surface area contributed by atoms with Gasteiger partial charge in [-0.2, -0.15) is 4.57 Å². The molecule has 2 aromatic carbocycles. The standard InChI is InChI=1S/C22H20N4/c1-16-10-11-18-8-5-6-9-20(18)26(16)22-15-19(23-3)14-21(17(22)2)25-13-7-12-24(25)4/h5-15H,1-2,4H3/q+2. The molecule has 0 fully saturated rings. The summed E-state index contributed by atoms with van der Waals surface area (Å²) >= 11 is 0. The van der Waals surface area contributed by atoms with Gasteiger partial charge < -0.3 is 0 Å². The van der Waals surface area contributed by atoms with Gasteiger partial charge in [0.05, 0.1) is 12.8 Å². The average Bonchev–Trinajstić information content (AvgIpc) is 3.08. The fourth-order valence-electron chi connectivity index (χ4n) is 3.50. The van der Waals surface area contributed by atoms with Crippen LogP contribution in [0.2, 0.25) is 0 Å². The summed E-state index contributed by atoms with van der Waals surface area (Å²) in [6.07, 6.45) is 4.01. The van der Waals surface area contributed by atoms with E-state index in [1.165, 1.54) is 5.39 Å². The van der Waals surface area contributed by atoms with Crippen molar-refractivity contribution in [2.75, 3.05) is 0 Å². The summed E-state index contributed by atoms with van der Waals surface area (Å²) in [4.78, 5) is 3.72. The molecular weight excluding hydrogens is 320 g/mol. The number of hydrogen-bond donors (Lipinski definition) is 0. The number of nitrogens with zero attached hydrogens (tertiary/aromatic N) is 4. The number of pyridine rings is 1. The van der Waals surface area contributed by atoms with E-state index in [9.17, 15) is 0 Å². The zero-order valence-corrected chi connectivity index (χ0v) is 15.1. The summed E-state index contributed by atoms with van der Waals surface area (Å²) < 4.78 is 6.32. The Morgan fingerprint density at radius 3 is 2.54 bits per heavy atom. The minimum Gasteiger partial charge on any atom is -0.238 e. The number of benzene rings is 2. The SMILES string of the molecule is [C-]#[N+]c1cc(-n2ccc[n+]2C)c(C)c(-[n+]2c(C)ccc3ccccc32)c1. The molecule has 0 aliphatic carbocycles. The zero-order valence-electron chi connectivity index (χ0n) is 15.1. The van der Waals surface area contributed by atoms with Crippen LogP contribution in [-0.4, -0.2) is 4.68 Å². The largest absolute Gasteiger partial charge is 0.238 e. The molecule has 4 nitrogen and oxygen atoms in total. The van der Waals surface area contributed by atoms with Crippen molar-refractivity contribution in [3.8, 4) is 11.4 Å². The smallest absolute Gasteiger partial charge is 0.218 e. The first kappa shape index (κ1) is 16.0. The second kappa shape index (κ2) is 6.12. The lowest BCUT2D eigenvalue weighted by Crippen LogP contribution is -2.39. The summed E-state index contributed by atoms with van der Waals surface area (Å²) in [5, 5.41) is 1.18. The van der Waals surface area contributed by atoms with E-state index < -0.39 is 0 Å². The predicted molar refractivity (Wildman–Crippen MR) is 102 cm³/mol. The Bertz CT molecular complexity index is 1180. The van der Waals surface area contributed by atoms with Crippen molar-refractivity contribution >= 4 is 16.6 Å². The molecule has 0 spiro atoms. The molecule has 0 saturated carbocycles. The second-order valence-corrected chi connectivity index (χ2v) is 6.50. The highest BCUT2D eigenvalue weighted by Crippen LogP contribution is 2.26. The summed E-state index contributed by atoms with van der Waals surface area (Å²) in [6.45, 7) is 11.8. The Kier molecular flexibility index (Phi) is 3.78. The van der Waals surface area contributed by atoms with Gasteiger partial charge in [0.15, 0.2) is 24.6 Å². The van der Waals surface area contributed by atoms with Crippen LogP contribution in [0, 0.1) is 20.4 Å². The number of fused-ring (bicyclic) bond motifs is 1. The van der Waals surface area contributed by atoms with Gasteiger partial charge in [0.1, 0.15) is 5.69 Å². The van der Waals surface area contributed by atoms with Crippen molar-refractivity contribution in [2.45, 2.75) is 13.8 Å². The van der Waals surface area contributed by atoms with Crippen LogP contribution in [-0.2, 0) is 7.05 Å². The van der Waals surface area contributed by atoms with E-state index in [1.807, 2.05) is 42.3 Å². The summed E-state index contributed by atoms with van der Waals surface area (Å²) in [5.41, 5.74) is 6.09. The normalized spacial score (nSPS) is 10.8. The molecule has 0 radical (unpaired) electrons. The molecule has 0 amide bonds. The first-order valence-corrected chi connectivity index (χ1v) is 8.56. The van der Waals surface area contributed by atoms with Crippen molar-refractivity contribution in [1.29, 1.82) is 0 Å². The third-order valence-electron chi connectivity index (χ3n) is 4.86. The third-order valence-corrected chi connectivity index (χ3v) is 4.86. The average molecular weight is 340 g/mol. The number of rotatable bonds is 2. The van der Waals surface area contributed by atoms with Gasteiger partial charge in [-0.15, -0.1) is 9.36 Å². The molecular formula is C22H20N4+2. The van der Waals surface area contributed by atoms with E-state index >= 15 is 0 Å². The van der Waals surface area contributed by atoms with Gasteiger partial charge in [0.25, 0.3) is 0 Å². The third kappa shape index (κ3) is 2.46. The minimum absolute atomic E-state index is 0.633. The maximum Gasteiger partial charge on any atom is 0.218 e. The van der Waals surface area contributed by atoms with Gasteiger partial charge in [-0.1, -0.05) is 12.1 Å². The van der Waals surface area contributed by atoms with Gasteiger partial charge >= 0.3 is 0 Å². The minimum atomic E-state index is 0.633. The van der Waals surface area contributed by atoms with Crippen LogP contribution in [0.25, 0.3) is 27.1 Å². The topological polar surface area (TPSA) is 17.0 Å². The quantitative estimate of drug-likeness (QED) is 0.389. The lowest BCUT2D eigenvalue weighted by Gasteiger charge is -2.11. The first-order valence-electron chi connectivity index (χ1n) is 8.56. The van der Waals surface area contributed by atoms with Gasteiger partial charge in [0, 0.05) is 42.1 Å². The molecule has 2 aromatic heterocycles. The highest BCUT2D eigenvalue weighted by molar-refractivity contribution is 5.76. The van der Waals surface area contributed by atoms with Gasteiger partial charge in [0.2, 0.25) is 11.2 Å². The molecule has 0 unspecified atom stereocenters. The predicted octanol–water partition coefficient (Wildman–Crippen LogP) is 3.90. The van der Waals surface area contributed by atoms with Gasteiger partial charge in [-0.05, 0) is 25.1 Å². The van der Waals surface area contributed by atoms with Crippen LogP contribution >= 0.6 is 0 Å². The van der Waals surface area contributed by atoms with Crippen LogP contribution < -0.4 is 9.25 Å². The summed E-state index contributed by atoms with van der Waals surface area (Å²) in [5.74, 6) is 0. The molecule has 0 atom stereocenters. The molecule has 4 heteroatoms. The van der Waals surface area contributed by atoms with Crippen molar-refractivity contribution in [3.63, 3.8) is 0 Å². The Balaban J connectivity index is 2.10. The summed E-state index contributed by atoms with van der Waals surface area (Å²) in [6, 6.07) is 18.5. The Morgan fingerprint density at radius 2 is 1.81 bits per heavy atom. The Hall–Kier alpha value is -3.45. The monoisotopic (exact) mass is 340 g/mol. The second-order valence-electron chi connectivity index (χ2n) is 6.50. The maximum absolute atomic E-state index is 7.57. The Labute approximate surface area is 153 Å². The fraction of sp³-hybridized carbons (Fsp3) is 0.136. The van der Waals surface area contributed by atoms with E-state index in [0.29, 0.717) is 5.69 Å². The Morgan fingerprint density at radius 1 is 1.00 bits per heavy atom. The summed E-state index contributed by atoms with van der Waals surface area (Å²) in [7, 11) is 2.00. The van der Waals surface area contributed by atoms with Crippen molar-refractivity contribution in [3.05, 3.63) is 89.7 Å². The van der Waals surface area contributed by atoms with Crippen molar-refractivity contribution in [2.24, 2.45) is 7.05 Å². The zero-order chi connectivity index (χ0) is 18.3. The van der Waals surface area contributed by atoms with E-state index in [0.717, 1.165) is 28.1 Å². The molecule has 0 bridgehead atoms. The first-order chi connectivity index (χ1) is 12.6. The van der Waals surface area contributed by atoms with Crippen molar-refractivity contribution < 1.29 is 9.25 Å². The van der Waals surface area contributed by atoms with Crippen LogP contribution in [0.15, 0.2) is 67.0 Å². The fourth-order valence-corrected chi connectivity index (χ4v) is 3.50. The number of aromatic nitrogens is 3. The number of hydrogen-bond acceptors (Lipinski definition) is 0. The van der Waals surface area contributed by atoms with E-state index in [1.54, 1.807) is 0 Å². The lowest BCUT2D eigenvalue weighted by atomic mass is 10.1. The molecule has 0 saturated heterocycles. The molecule has 26 heavy (non-hydrogen) atoms. The lowest BCUT2D eigenvalue weighted by molar-refractivity contribution is -0.744. The van der Waals surface area contributed by atoms with E-state index in [4.69, 9.17) is 6.57 Å². The van der Waals surface area contributed by atoms with Crippen LogP contribution in [0.3, 0.4) is 0 Å². The maximum atomic E-state index is 7.57. The molecule has 0 N–H and O–H groups in total. The highest BCUT2D eigenvalue weighted by atomic mass is 15.4. The van der Waals surface area contributed by atoms with Crippen molar-refractivity contribution in [1.82, 2.24) is 4.68 Å².